The van der Waals surface area contributed by atoms with Gasteiger partial charge < -0.3 is 18.9 Å². The molecule has 0 amide bonds. The minimum absolute atomic E-state index is 0.164. The van der Waals surface area contributed by atoms with Crippen LogP contribution in [0.5, 0.6) is 0 Å². The third-order valence-corrected chi connectivity index (χ3v) is 3.00. The standard InChI is InChI=1S/C13H17N3O7/c1-7(17)20-6-10-11(21-8(2)18)12(22-9(3)19)13(23-10)16-14-4-5-15-16/h4-5,10-13H,6H2,1-3H3/t10-,11-,12-,13-/m1/s1. The predicted molar refractivity (Wildman–Crippen MR) is 71.7 cm³/mol. The fraction of sp³-hybridized carbons (Fsp3) is 0.615. The highest BCUT2D eigenvalue weighted by molar-refractivity contribution is 5.67. The molecule has 23 heavy (non-hydrogen) atoms. The molecule has 1 aliphatic rings. The number of rotatable bonds is 5. The Balaban J connectivity index is 2.25. The molecule has 1 aromatic rings. The fourth-order valence-electron chi connectivity index (χ4n) is 2.24. The molecule has 2 rings (SSSR count). The average molecular weight is 327 g/mol. The fourth-order valence-corrected chi connectivity index (χ4v) is 2.24. The van der Waals surface area contributed by atoms with E-state index >= 15 is 0 Å². The smallest absolute Gasteiger partial charge is 0.303 e. The number of aromatic nitrogens is 3. The van der Waals surface area contributed by atoms with E-state index in [1.54, 1.807) is 0 Å². The molecule has 0 spiro atoms. The molecule has 10 heteroatoms. The average Bonchev–Trinajstić information content (AvgIpc) is 3.05. The van der Waals surface area contributed by atoms with E-state index in [-0.39, 0.29) is 6.61 Å². The van der Waals surface area contributed by atoms with Crippen LogP contribution in [0.4, 0.5) is 0 Å². The summed E-state index contributed by atoms with van der Waals surface area (Å²) in [6.07, 6.45) is -0.791. The van der Waals surface area contributed by atoms with Gasteiger partial charge in [-0.05, 0) is 0 Å². The summed E-state index contributed by atoms with van der Waals surface area (Å²) in [7, 11) is 0. The van der Waals surface area contributed by atoms with Crippen molar-refractivity contribution in [1.82, 2.24) is 15.0 Å². The summed E-state index contributed by atoms with van der Waals surface area (Å²) in [5, 5.41) is 7.88. The number of ether oxygens (including phenoxy) is 4. The Bertz CT molecular complexity index is 574. The lowest BCUT2D eigenvalue weighted by molar-refractivity contribution is -0.166. The lowest BCUT2D eigenvalue weighted by Gasteiger charge is -2.22. The SMILES string of the molecule is CC(=O)OC[C@H]1O[C@@H](n2nccn2)[C@H](OC(C)=O)[C@@H]1OC(C)=O. The summed E-state index contributed by atoms with van der Waals surface area (Å²) in [5.41, 5.74) is 0. The van der Waals surface area contributed by atoms with E-state index in [0.717, 1.165) is 0 Å². The molecule has 1 aliphatic heterocycles. The summed E-state index contributed by atoms with van der Waals surface area (Å²) in [6.45, 7) is 3.51. The molecular weight excluding hydrogens is 310 g/mol. The Labute approximate surface area is 131 Å². The van der Waals surface area contributed by atoms with Crippen LogP contribution in [0.1, 0.15) is 27.0 Å². The van der Waals surface area contributed by atoms with Crippen molar-refractivity contribution in [2.24, 2.45) is 0 Å². The summed E-state index contributed by atoms with van der Waals surface area (Å²) in [5.74, 6) is -1.68. The summed E-state index contributed by atoms with van der Waals surface area (Å²) >= 11 is 0. The van der Waals surface area contributed by atoms with Crippen molar-refractivity contribution in [1.29, 1.82) is 0 Å². The Hall–Kier alpha value is -2.49. The second-order valence-electron chi connectivity index (χ2n) is 4.87. The summed E-state index contributed by atoms with van der Waals surface area (Å²) in [6, 6.07) is 0. The van der Waals surface area contributed by atoms with E-state index in [0.29, 0.717) is 0 Å². The van der Waals surface area contributed by atoms with Crippen molar-refractivity contribution in [3.63, 3.8) is 0 Å². The minimum Gasteiger partial charge on any atom is -0.463 e. The lowest BCUT2D eigenvalue weighted by Crippen LogP contribution is -2.40. The second kappa shape index (κ2) is 7.18. The highest BCUT2D eigenvalue weighted by Gasteiger charge is 2.51. The van der Waals surface area contributed by atoms with Gasteiger partial charge in [-0.1, -0.05) is 0 Å². The van der Waals surface area contributed by atoms with Gasteiger partial charge in [0.2, 0.25) is 6.23 Å². The number of carbonyl (C=O) groups is 3. The molecule has 0 aromatic carbocycles. The van der Waals surface area contributed by atoms with Crippen LogP contribution in [0.2, 0.25) is 0 Å². The third-order valence-electron chi connectivity index (χ3n) is 3.00. The van der Waals surface area contributed by atoms with E-state index in [4.69, 9.17) is 18.9 Å². The van der Waals surface area contributed by atoms with Crippen molar-refractivity contribution in [2.45, 2.75) is 45.3 Å². The maximum Gasteiger partial charge on any atom is 0.303 e. The van der Waals surface area contributed by atoms with Crippen LogP contribution in [0.3, 0.4) is 0 Å². The molecular formula is C13H17N3O7. The Morgan fingerprint density at radius 3 is 2.09 bits per heavy atom. The van der Waals surface area contributed by atoms with Crippen LogP contribution >= 0.6 is 0 Å². The quantitative estimate of drug-likeness (QED) is 0.525. The molecule has 0 unspecified atom stereocenters. The zero-order chi connectivity index (χ0) is 17.0. The maximum absolute atomic E-state index is 11.4. The van der Waals surface area contributed by atoms with Crippen LogP contribution < -0.4 is 0 Å². The van der Waals surface area contributed by atoms with Gasteiger partial charge in [-0.3, -0.25) is 14.4 Å². The van der Waals surface area contributed by atoms with Gasteiger partial charge in [0.25, 0.3) is 0 Å². The molecule has 126 valence electrons. The largest absolute Gasteiger partial charge is 0.463 e. The Morgan fingerprint density at radius 2 is 1.57 bits per heavy atom. The number of nitrogens with zero attached hydrogens (tertiary/aromatic N) is 3. The molecule has 1 fully saturated rings. The molecule has 10 nitrogen and oxygen atoms in total. The lowest BCUT2D eigenvalue weighted by atomic mass is 10.1. The predicted octanol–water partition coefficient (Wildman–Crippen LogP) is -0.398. The Kier molecular flexibility index (Phi) is 5.27. The van der Waals surface area contributed by atoms with E-state index in [1.807, 2.05) is 0 Å². The zero-order valence-electron chi connectivity index (χ0n) is 12.9. The molecule has 0 radical (unpaired) electrons. The molecule has 1 aromatic heterocycles. The van der Waals surface area contributed by atoms with Crippen LogP contribution in [-0.4, -0.2) is 57.8 Å². The van der Waals surface area contributed by atoms with Crippen LogP contribution in [0, 0.1) is 0 Å². The van der Waals surface area contributed by atoms with Gasteiger partial charge in [-0.25, -0.2) is 0 Å². The number of hydrogen-bond donors (Lipinski definition) is 0. The first-order chi connectivity index (χ1) is 10.9. The molecule has 0 saturated carbocycles. The number of hydrogen-bond acceptors (Lipinski definition) is 9. The van der Waals surface area contributed by atoms with Crippen molar-refractivity contribution in [2.75, 3.05) is 6.61 Å². The first kappa shape index (κ1) is 16.9. The third kappa shape index (κ3) is 4.25. The van der Waals surface area contributed by atoms with E-state index in [2.05, 4.69) is 10.2 Å². The normalized spacial score (nSPS) is 26.6. The molecule has 4 atom stereocenters. The first-order valence-electron chi connectivity index (χ1n) is 6.87. The van der Waals surface area contributed by atoms with Gasteiger partial charge in [0.05, 0.1) is 12.4 Å². The van der Waals surface area contributed by atoms with Gasteiger partial charge in [0.15, 0.2) is 12.2 Å². The van der Waals surface area contributed by atoms with Gasteiger partial charge in [-0.2, -0.15) is 15.0 Å². The van der Waals surface area contributed by atoms with Crippen molar-refractivity contribution in [3.8, 4) is 0 Å². The van der Waals surface area contributed by atoms with Crippen LogP contribution in [0.25, 0.3) is 0 Å². The Morgan fingerprint density at radius 1 is 1.00 bits per heavy atom. The minimum atomic E-state index is -0.968. The summed E-state index contributed by atoms with van der Waals surface area (Å²) in [4.78, 5) is 34.9. The topological polar surface area (TPSA) is 119 Å². The van der Waals surface area contributed by atoms with Gasteiger partial charge >= 0.3 is 17.9 Å². The van der Waals surface area contributed by atoms with Crippen LogP contribution in [0.15, 0.2) is 12.4 Å². The van der Waals surface area contributed by atoms with Gasteiger partial charge in [0.1, 0.15) is 12.7 Å². The second-order valence-corrected chi connectivity index (χ2v) is 4.87. The van der Waals surface area contributed by atoms with E-state index in [9.17, 15) is 14.4 Å². The molecule has 1 saturated heterocycles. The zero-order valence-corrected chi connectivity index (χ0v) is 12.9. The molecule has 0 bridgehead atoms. The monoisotopic (exact) mass is 327 g/mol. The molecule has 0 aliphatic carbocycles. The highest BCUT2D eigenvalue weighted by Crippen LogP contribution is 2.33. The molecule has 0 N–H and O–H groups in total. The van der Waals surface area contributed by atoms with Crippen LogP contribution in [-0.2, 0) is 33.3 Å². The number of esters is 3. The first-order valence-corrected chi connectivity index (χ1v) is 6.87. The number of carbonyl (C=O) groups excluding carboxylic acids is 3. The van der Waals surface area contributed by atoms with Crippen molar-refractivity contribution in [3.05, 3.63) is 12.4 Å². The van der Waals surface area contributed by atoms with E-state index < -0.39 is 42.4 Å². The van der Waals surface area contributed by atoms with Gasteiger partial charge in [-0.15, -0.1) is 0 Å². The van der Waals surface area contributed by atoms with Crippen molar-refractivity contribution < 1.29 is 33.3 Å². The summed E-state index contributed by atoms with van der Waals surface area (Å²) < 4.78 is 21.0. The maximum atomic E-state index is 11.4. The van der Waals surface area contributed by atoms with Gasteiger partial charge in [0, 0.05) is 20.8 Å². The molecule has 2 heterocycles. The highest BCUT2D eigenvalue weighted by atomic mass is 16.7. The van der Waals surface area contributed by atoms with E-state index in [1.165, 1.54) is 38.0 Å². The van der Waals surface area contributed by atoms with Crippen molar-refractivity contribution >= 4 is 17.9 Å².